The lowest BCUT2D eigenvalue weighted by Crippen LogP contribution is -2.46. The number of nitrogens with two attached hydrogens (primary N) is 1. The van der Waals surface area contributed by atoms with E-state index < -0.39 is 6.04 Å². The van der Waals surface area contributed by atoms with Gasteiger partial charge in [-0.25, -0.2) is 0 Å². The summed E-state index contributed by atoms with van der Waals surface area (Å²) in [7, 11) is 0. The van der Waals surface area contributed by atoms with E-state index in [4.69, 9.17) is 5.73 Å². The van der Waals surface area contributed by atoms with E-state index in [0.29, 0.717) is 6.54 Å². The zero-order chi connectivity index (χ0) is 14.6. The number of amides is 1. The van der Waals surface area contributed by atoms with Gasteiger partial charge in [-0.1, -0.05) is 47.3 Å². The molecule has 1 atom stereocenters. The van der Waals surface area contributed by atoms with Crippen molar-refractivity contribution < 1.29 is 4.79 Å². The predicted molar refractivity (Wildman–Crippen MR) is 85.6 cm³/mol. The Bertz CT molecular complexity index is 450. The Hall–Kier alpha value is -0.870. The normalized spacial score (nSPS) is 19.4. The molecule has 0 aromatic heterocycles. The zero-order valence-corrected chi connectivity index (χ0v) is 13.6. The molecule has 1 aromatic carbocycles. The lowest BCUT2D eigenvalue weighted by molar-refractivity contribution is -0.122. The van der Waals surface area contributed by atoms with Crippen LogP contribution in [0.4, 0.5) is 0 Å². The molecule has 0 aliphatic heterocycles. The smallest absolute Gasteiger partial charge is 0.236 e. The topological polar surface area (TPSA) is 55.1 Å². The monoisotopic (exact) mass is 338 g/mol. The summed E-state index contributed by atoms with van der Waals surface area (Å²) in [5.74, 6) is -0.0629. The van der Waals surface area contributed by atoms with Gasteiger partial charge in [0.05, 0.1) is 6.04 Å². The van der Waals surface area contributed by atoms with Crippen LogP contribution in [0.3, 0.4) is 0 Å². The molecule has 4 heteroatoms. The zero-order valence-electron chi connectivity index (χ0n) is 12.0. The Morgan fingerprint density at radius 3 is 2.45 bits per heavy atom. The number of benzene rings is 1. The minimum absolute atomic E-state index is 0.0629. The number of nitrogens with one attached hydrogen (secondary N) is 1. The molecule has 1 aliphatic rings. The summed E-state index contributed by atoms with van der Waals surface area (Å²) in [6, 6.07) is 8.07. The van der Waals surface area contributed by atoms with Crippen LogP contribution in [0.1, 0.15) is 44.6 Å². The van der Waals surface area contributed by atoms with E-state index in [2.05, 4.69) is 45.5 Å². The highest BCUT2D eigenvalue weighted by molar-refractivity contribution is 9.10. The van der Waals surface area contributed by atoms with Crippen molar-refractivity contribution in [2.45, 2.75) is 50.5 Å². The molecule has 0 heterocycles. The van der Waals surface area contributed by atoms with Crippen molar-refractivity contribution in [1.29, 1.82) is 0 Å². The first-order chi connectivity index (χ1) is 9.53. The van der Waals surface area contributed by atoms with Gasteiger partial charge in [-0.2, -0.15) is 0 Å². The van der Waals surface area contributed by atoms with Crippen LogP contribution in [0.5, 0.6) is 0 Å². The van der Waals surface area contributed by atoms with Gasteiger partial charge >= 0.3 is 0 Å². The van der Waals surface area contributed by atoms with E-state index >= 15 is 0 Å². The first-order valence-corrected chi connectivity index (χ1v) is 8.12. The second kappa shape index (κ2) is 6.72. The number of hydrogen-bond donors (Lipinski definition) is 2. The van der Waals surface area contributed by atoms with Crippen molar-refractivity contribution in [2.75, 3.05) is 6.54 Å². The maximum atomic E-state index is 11.8. The third-order valence-electron chi connectivity index (χ3n) is 4.28. The fraction of sp³-hybridized carbons (Fsp3) is 0.562. The Labute approximate surface area is 129 Å². The van der Waals surface area contributed by atoms with Crippen LogP contribution in [0.25, 0.3) is 0 Å². The average molecular weight is 339 g/mol. The number of halogens is 1. The van der Waals surface area contributed by atoms with Gasteiger partial charge in [-0.15, -0.1) is 0 Å². The second-order valence-corrected chi connectivity index (χ2v) is 6.77. The molecule has 0 radical (unpaired) electrons. The SMILES string of the molecule is C[C@@H](N)C(=O)NCC1(c2ccc(Br)cc2)CCCCC1. The minimum Gasteiger partial charge on any atom is -0.354 e. The maximum Gasteiger partial charge on any atom is 0.236 e. The van der Waals surface area contributed by atoms with E-state index in [9.17, 15) is 4.79 Å². The maximum absolute atomic E-state index is 11.8. The van der Waals surface area contributed by atoms with Crippen molar-refractivity contribution in [2.24, 2.45) is 5.73 Å². The minimum atomic E-state index is -0.444. The third kappa shape index (κ3) is 3.61. The highest BCUT2D eigenvalue weighted by Crippen LogP contribution is 2.39. The van der Waals surface area contributed by atoms with Crippen LogP contribution in [-0.4, -0.2) is 18.5 Å². The summed E-state index contributed by atoms with van der Waals surface area (Å²) in [6.45, 7) is 2.41. The molecular weight excluding hydrogens is 316 g/mol. The highest BCUT2D eigenvalue weighted by Gasteiger charge is 2.34. The highest BCUT2D eigenvalue weighted by atomic mass is 79.9. The van der Waals surface area contributed by atoms with Crippen LogP contribution >= 0.6 is 15.9 Å². The molecule has 110 valence electrons. The van der Waals surface area contributed by atoms with E-state index in [-0.39, 0.29) is 11.3 Å². The van der Waals surface area contributed by atoms with Crippen molar-refractivity contribution in [3.63, 3.8) is 0 Å². The van der Waals surface area contributed by atoms with Crippen LogP contribution in [0.2, 0.25) is 0 Å². The van der Waals surface area contributed by atoms with Gasteiger partial charge in [0.15, 0.2) is 0 Å². The molecule has 3 N–H and O–H groups in total. The molecule has 20 heavy (non-hydrogen) atoms. The number of rotatable bonds is 4. The van der Waals surface area contributed by atoms with E-state index in [0.717, 1.165) is 17.3 Å². The standard InChI is InChI=1S/C16H23BrN2O/c1-12(18)15(20)19-11-16(9-3-2-4-10-16)13-5-7-14(17)8-6-13/h5-8,12H,2-4,9-11,18H2,1H3,(H,19,20)/t12-/m1/s1. The van der Waals surface area contributed by atoms with E-state index in [1.807, 2.05) is 0 Å². The molecule has 0 spiro atoms. The Morgan fingerprint density at radius 2 is 1.90 bits per heavy atom. The van der Waals surface area contributed by atoms with Gasteiger partial charge < -0.3 is 11.1 Å². The molecule has 0 bridgehead atoms. The Morgan fingerprint density at radius 1 is 1.30 bits per heavy atom. The van der Waals surface area contributed by atoms with Gasteiger partial charge in [0.1, 0.15) is 0 Å². The molecule has 0 saturated heterocycles. The van der Waals surface area contributed by atoms with Crippen LogP contribution in [0.15, 0.2) is 28.7 Å². The molecule has 1 aliphatic carbocycles. The van der Waals surface area contributed by atoms with Crippen LogP contribution in [0, 0.1) is 0 Å². The summed E-state index contributed by atoms with van der Waals surface area (Å²) >= 11 is 3.48. The Balaban J connectivity index is 2.17. The molecule has 2 rings (SSSR count). The summed E-state index contributed by atoms with van der Waals surface area (Å²) < 4.78 is 1.09. The lowest BCUT2D eigenvalue weighted by Gasteiger charge is -2.38. The first kappa shape index (κ1) is 15.5. The number of hydrogen-bond acceptors (Lipinski definition) is 2. The molecule has 1 saturated carbocycles. The molecule has 1 amide bonds. The molecule has 3 nitrogen and oxygen atoms in total. The summed E-state index contributed by atoms with van der Waals surface area (Å²) in [6.07, 6.45) is 6.01. The summed E-state index contributed by atoms with van der Waals surface area (Å²) in [5.41, 5.74) is 7.03. The lowest BCUT2D eigenvalue weighted by atomic mass is 9.69. The molecule has 1 fully saturated rings. The van der Waals surface area contributed by atoms with Crippen LogP contribution in [-0.2, 0) is 10.2 Å². The van der Waals surface area contributed by atoms with Gasteiger partial charge in [-0.05, 0) is 37.5 Å². The molecular formula is C16H23BrN2O. The van der Waals surface area contributed by atoms with E-state index in [1.54, 1.807) is 6.92 Å². The fourth-order valence-corrected chi connectivity index (χ4v) is 3.28. The number of carbonyl (C=O) groups excluding carboxylic acids is 1. The van der Waals surface area contributed by atoms with Crippen molar-refractivity contribution in [3.05, 3.63) is 34.3 Å². The summed E-state index contributed by atoms with van der Waals surface area (Å²) in [4.78, 5) is 11.8. The van der Waals surface area contributed by atoms with Crippen molar-refractivity contribution >= 4 is 21.8 Å². The predicted octanol–water partition coefficient (Wildman–Crippen LogP) is 3.11. The average Bonchev–Trinajstić information content (AvgIpc) is 2.46. The fourth-order valence-electron chi connectivity index (χ4n) is 3.02. The third-order valence-corrected chi connectivity index (χ3v) is 4.81. The second-order valence-electron chi connectivity index (χ2n) is 5.85. The molecule has 0 unspecified atom stereocenters. The van der Waals surface area contributed by atoms with Gasteiger partial charge in [0.25, 0.3) is 0 Å². The Kier molecular flexibility index (Phi) is 5.22. The van der Waals surface area contributed by atoms with Crippen molar-refractivity contribution in [3.8, 4) is 0 Å². The van der Waals surface area contributed by atoms with Gasteiger partial charge in [-0.3, -0.25) is 4.79 Å². The summed E-state index contributed by atoms with van der Waals surface area (Å²) in [5, 5.41) is 3.03. The van der Waals surface area contributed by atoms with Crippen molar-refractivity contribution in [1.82, 2.24) is 5.32 Å². The van der Waals surface area contributed by atoms with E-state index in [1.165, 1.54) is 24.8 Å². The van der Waals surface area contributed by atoms with Crippen LogP contribution < -0.4 is 11.1 Å². The largest absolute Gasteiger partial charge is 0.354 e. The van der Waals surface area contributed by atoms with Gasteiger partial charge in [0.2, 0.25) is 5.91 Å². The van der Waals surface area contributed by atoms with Gasteiger partial charge in [0, 0.05) is 16.4 Å². The first-order valence-electron chi connectivity index (χ1n) is 7.33. The molecule has 1 aromatic rings. The number of carbonyl (C=O) groups is 1. The quantitative estimate of drug-likeness (QED) is 0.886.